The lowest BCUT2D eigenvalue weighted by Crippen LogP contribution is -2.44. The van der Waals surface area contributed by atoms with Gasteiger partial charge in [-0.1, -0.05) is 26.0 Å². The van der Waals surface area contributed by atoms with Gasteiger partial charge in [0.05, 0.1) is 0 Å². The first-order valence-corrected chi connectivity index (χ1v) is 6.64. The first-order chi connectivity index (χ1) is 8.15. The molecule has 2 rings (SSSR count). The van der Waals surface area contributed by atoms with E-state index in [0.29, 0.717) is 12.5 Å². The molecule has 0 unspecified atom stereocenters. The van der Waals surface area contributed by atoms with Crippen LogP contribution in [-0.2, 0) is 0 Å². The second-order valence-electron chi connectivity index (χ2n) is 5.40. The number of ether oxygens (including phenoxy) is 1. The molecule has 1 fully saturated rings. The van der Waals surface area contributed by atoms with Crippen molar-refractivity contribution in [2.75, 3.05) is 6.54 Å². The molecule has 0 radical (unpaired) electrons. The molecule has 0 atom stereocenters. The van der Waals surface area contributed by atoms with Gasteiger partial charge in [-0.3, -0.25) is 0 Å². The van der Waals surface area contributed by atoms with E-state index in [1.165, 1.54) is 12.0 Å². The first kappa shape index (κ1) is 12.4. The molecule has 1 aliphatic rings. The molecule has 0 aliphatic heterocycles. The summed E-state index contributed by atoms with van der Waals surface area (Å²) in [7, 11) is 0. The Morgan fingerprint density at radius 2 is 1.88 bits per heavy atom. The van der Waals surface area contributed by atoms with Gasteiger partial charge < -0.3 is 10.5 Å². The van der Waals surface area contributed by atoms with Gasteiger partial charge in [0.25, 0.3) is 0 Å². The molecular weight excluding hydrogens is 210 g/mol. The van der Waals surface area contributed by atoms with Gasteiger partial charge in [-0.2, -0.15) is 0 Å². The molecule has 0 spiro atoms. The van der Waals surface area contributed by atoms with E-state index in [-0.39, 0.29) is 5.60 Å². The van der Waals surface area contributed by atoms with Gasteiger partial charge in [0.2, 0.25) is 0 Å². The van der Waals surface area contributed by atoms with E-state index < -0.39 is 0 Å². The van der Waals surface area contributed by atoms with Gasteiger partial charge in [-0.25, -0.2) is 0 Å². The zero-order valence-electron chi connectivity index (χ0n) is 10.9. The lowest BCUT2D eigenvalue weighted by Gasteiger charge is -2.42. The standard InChI is InChI=1S/C15H23NO/c1-12(2)13-4-6-14(7-5-13)17-15(10-11-16)8-3-9-15/h4-7,12H,3,8-11,16H2,1-2H3. The molecule has 2 nitrogen and oxygen atoms in total. The predicted octanol–water partition coefficient (Wildman–Crippen LogP) is 3.46. The van der Waals surface area contributed by atoms with Crippen molar-refractivity contribution in [3.8, 4) is 5.75 Å². The average Bonchev–Trinajstić information content (AvgIpc) is 2.27. The fourth-order valence-corrected chi connectivity index (χ4v) is 2.41. The highest BCUT2D eigenvalue weighted by Gasteiger charge is 2.38. The first-order valence-electron chi connectivity index (χ1n) is 6.64. The van der Waals surface area contributed by atoms with E-state index in [0.717, 1.165) is 25.0 Å². The molecule has 2 N–H and O–H groups in total. The van der Waals surface area contributed by atoms with Gasteiger partial charge >= 0.3 is 0 Å². The van der Waals surface area contributed by atoms with E-state index in [4.69, 9.17) is 10.5 Å². The van der Waals surface area contributed by atoms with Gasteiger partial charge in [0.15, 0.2) is 0 Å². The van der Waals surface area contributed by atoms with Crippen molar-refractivity contribution in [2.24, 2.45) is 5.73 Å². The summed E-state index contributed by atoms with van der Waals surface area (Å²) in [6.07, 6.45) is 4.54. The van der Waals surface area contributed by atoms with Crippen LogP contribution in [-0.4, -0.2) is 12.1 Å². The third-order valence-corrected chi connectivity index (χ3v) is 3.75. The minimum atomic E-state index is 0.0358. The number of hydrogen-bond donors (Lipinski definition) is 1. The average molecular weight is 233 g/mol. The fourth-order valence-electron chi connectivity index (χ4n) is 2.41. The molecule has 0 saturated heterocycles. The van der Waals surface area contributed by atoms with Crippen LogP contribution < -0.4 is 10.5 Å². The zero-order chi connectivity index (χ0) is 12.3. The minimum Gasteiger partial charge on any atom is -0.487 e. The maximum absolute atomic E-state index is 6.13. The Kier molecular flexibility index (Phi) is 3.72. The fraction of sp³-hybridized carbons (Fsp3) is 0.600. The Morgan fingerprint density at radius 1 is 1.24 bits per heavy atom. The third kappa shape index (κ3) is 2.81. The highest BCUT2D eigenvalue weighted by Crippen LogP contribution is 2.39. The van der Waals surface area contributed by atoms with Crippen LogP contribution in [0.1, 0.15) is 51.0 Å². The van der Waals surface area contributed by atoms with E-state index in [1.807, 2.05) is 0 Å². The van der Waals surface area contributed by atoms with Crippen LogP contribution in [0.3, 0.4) is 0 Å². The molecule has 0 bridgehead atoms. The second-order valence-corrected chi connectivity index (χ2v) is 5.40. The van der Waals surface area contributed by atoms with Crippen molar-refractivity contribution >= 4 is 0 Å². The Hall–Kier alpha value is -1.02. The predicted molar refractivity (Wildman–Crippen MR) is 71.4 cm³/mol. The van der Waals surface area contributed by atoms with Crippen molar-refractivity contribution in [3.05, 3.63) is 29.8 Å². The van der Waals surface area contributed by atoms with Crippen molar-refractivity contribution < 1.29 is 4.74 Å². The third-order valence-electron chi connectivity index (χ3n) is 3.75. The van der Waals surface area contributed by atoms with Crippen LogP contribution in [0.4, 0.5) is 0 Å². The van der Waals surface area contributed by atoms with Gasteiger partial charge in [-0.05, 0) is 55.8 Å². The summed E-state index contributed by atoms with van der Waals surface area (Å²) < 4.78 is 6.13. The van der Waals surface area contributed by atoms with Crippen LogP contribution in [0, 0.1) is 0 Å². The molecule has 94 valence electrons. The molecule has 0 heterocycles. The van der Waals surface area contributed by atoms with Crippen LogP contribution in [0.25, 0.3) is 0 Å². The van der Waals surface area contributed by atoms with Crippen LogP contribution in [0.2, 0.25) is 0 Å². The lowest BCUT2D eigenvalue weighted by molar-refractivity contribution is -0.0125. The normalized spacial score (nSPS) is 17.9. The topological polar surface area (TPSA) is 35.2 Å². The maximum atomic E-state index is 6.13. The van der Waals surface area contributed by atoms with Crippen LogP contribution in [0.15, 0.2) is 24.3 Å². The molecule has 1 aromatic carbocycles. The minimum absolute atomic E-state index is 0.0358. The lowest BCUT2D eigenvalue weighted by atomic mass is 9.77. The Balaban J connectivity index is 2.03. The number of hydrogen-bond acceptors (Lipinski definition) is 2. The molecule has 0 amide bonds. The summed E-state index contributed by atoms with van der Waals surface area (Å²) in [5, 5.41) is 0. The second kappa shape index (κ2) is 5.09. The number of rotatable bonds is 5. The summed E-state index contributed by atoms with van der Waals surface area (Å²) >= 11 is 0. The molecule has 0 aromatic heterocycles. The number of benzene rings is 1. The molecule has 1 aliphatic carbocycles. The van der Waals surface area contributed by atoms with Gasteiger partial charge in [-0.15, -0.1) is 0 Å². The Morgan fingerprint density at radius 3 is 2.29 bits per heavy atom. The summed E-state index contributed by atoms with van der Waals surface area (Å²) in [5.74, 6) is 1.56. The summed E-state index contributed by atoms with van der Waals surface area (Å²) in [4.78, 5) is 0. The quantitative estimate of drug-likeness (QED) is 0.845. The van der Waals surface area contributed by atoms with Gasteiger partial charge in [0.1, 0.15) is 11.4 Å². The Labute approximate surface area is 104 Å². The zero-order valence-corrected chi connectivity index (χ0v) is 10.9. The van der Waals surface area contributed by atoms with Crippen molar-refractivity contribution in [3.63, 3.8) is 0 Å². The highest BCUT2D eigenvalue weighted by atomic mass is 16.5. The SMILES string of the molecule is CC(C)c1ccc(OC2(CCN)CCC2)cc1. The number of nitrogens with two attached hydrogens (primary N) is 1. The molecule has 1 saturated carbocycles. The van der Waals surface area contributed by atoms with Crippen LogP contribution in [0.5, 0.6) is 5.75 Å². The van der Waals surface area contributed by atoms with E-state index in [9.17, 15) is 0 Å². The van der Waals surface area contributed by atoms with E-state index >= 15 is 0 Å². The smallest absolute Gasteiger partial charge is 0.120 e. The van der Waals surface area contributed by atoms with Crippen LogP contribution >= 0.6 is 0 Å². The molecule has 17 heavy (non-hydrogen) atoms. The summed E-state index contributed by atoms with van der Waals surface area (Å²) in [6, 6.07) is 8.50. The van der Waals surface area contributed by atoms with Crippen molar-refractivity contribution in [2.45, 2.75) is 51.0 Å². The Bertz CT molecular complexity index is 352. The summed E-state index contributed by atoms with van der Waals surface area (Å²) in [6.45, 7) is 5.12. The van der Waals surface area contributed by atoms with Gasteiger partial charge in [0, 0.05) is 0 Å². The summed E-state index contributed by atoms with van der Waals surface area (Å²) in [5.41, 5.74) is 7.06. The van der Waals surface area contributed by atoms with E-state index in [2.05, 4.69) is 38.1 Å². The monoisotopic (exact) mass is 233 g/mol. The van der Waals surface area contributed by atoms with E-state index in [1.54, 1.807) is 0 Å². The maximum Gasteiger partial charge on any atom is 0.120 e. The molecule has 1 aromatic rings. The largest absolute Gasteiger partial charge is 0.487 e. The van der Waals surface area contributed by atoms with Crippen molar-refractivity contribution in [1.82, 2.24) is 0 Å². The van der Waals surface area contributed by atoms with Crippen molar-refractivity contribution in [1.29, 1.82) is 0 Å². The molecule has 2 heteroatoms. The highest BCUT2D eigenvalue weighted by molar-refractivity contribution is 5.29. The molecular formula is C15H23NO.